The largest absolute Gasteiger partial charge is 0.493 e. The average molecular weight is 279 g/mol. The maximum Gasteiger partial charge on any atom is 0.326 e. The molecule has 0 heterocycles. The van der Waals surface area contributed by atoms with Crippen molar-refractivity contribution in [2.45, 2.75) is 32.7 Å². The third kappa shape index (κ3) is 4.26. The topological polar surface area (TPSA) is 66.8 Å². The molecule has 0 aliphatic heterocycles. The first-order valence-electron chi connectivity index (χ1n) is 6.64. The number of para-hydroxylation sites is 1. The molecule has 1 unspecified atom stereocenters. The molecule has 1 aromatic rings. The van der Waals surface area contributed by atoms with Crippen LogP contribution < -0.4 is 4.74 Å². The van der Waals surface area contributed by atoms with Gasteiger partial charge < -0.3 is 14.7 Å². The lowest BCUT2D eigenvalue weighted by Gasteiger charge is -2.23. The molecule has 0 fully saturated rings. The van der Waals surface area contributed by atoms with Crippen molar-refractivity contribution in [2.75, 3.05) is 13.7 Å². The Kier molecular flexibility index (Phi) is 6.03. The van der Waals surface area contributed by atoms with E-state index in [0.29, 0.717) is 6.42 Å². The van der Waals surface area contributed by atoms with Crippen molar-refractivity contribution in [3.63, 3.8) is 0 Å². The second-order valence-electron chi connectivity index (χ2n) is 4.63. The highest BCUT2D eigenvalue weighted by Crippen LogP contribution is 2.16. The molecule has 0 spiro atoms. The third-order valence-corrected chi connectivity index (χ3v) is 3.20. The van der Waals surface area contributed by atoms with Crippen LogP contribution in [0.2, 0.25) is 0 Å². The molecule has 1 amide bonds. The number of aryl methyl sites for hydroxylation is 1. The van der Waals surface area contributed by atoms with E-state index in [4.69, 9.17) is 9.84 Å². The zero-order valence-electron chi connectivity index (χ0n) is 12.1. The Bertz CT molecular complexity index is 473. The summed E-state index contributed by atoms with van der Waals surface area (Å²) in [5.74, 6) is -0.468. The van der Waals surface area contributed by atoms with E-state index in [1.54, 1.807) is 6.92 Å². The predicted molar refractivity (Wildman–Crippen MR) is 75.8 cm³/mol. The Morgan fingerprint density at radius 2 is 2.00 bits per heavy atom. The van der Waals surface area contributed by atoms with E-state index in [9.17, 15) is 9.59 Å². The standard InChI is InChI=1S/C15H21NO4/c1-4-12(15(18)19)16(3)14(17)9-10-20-13-8-6-5-7-11(13)2/h5-8,12H,4,9-10H2,1-3H3,(H,18,19). The number of hydrogen-bond donors (Lipinski definition) is 1. The van der Waals surface area contributed by atoms with E-state index < -0.39 is 12.0 Å². The first-order valence-corrected chi connectivity index (χ1v) is 6.64. The van der Waals surface area contributed by atoms with Crippen molar-refractivity contribution in [1.29, 1.82) is 0 Å². The first-order chi connectivity index (χ1) is 9.47. The van der Waals surface area contributed by atoms with Crippen LogP contribution in [0.5, 0.6) is 5.75 Å². The van der Waals surface area contributed by atoms with Gasteiger partial charge in [0, 0.05) is 7.05 Å². The lowest BCUT2D eigenvalue weighted by Crippen LogP contribution is -2.42. The van der Waals surface area contributed by atoms with Crippen molar-refractivity contribution < 1.29 is 19.4 Å². The molecule has 1 N–H and O–H groups in total. The number of hydrogen-bond acceptors (Lipinski definition) is 3. The van der Waals surface area contributed by atoms with Gasteiger partial charge in [-0.2, -0.15) is 0 Å². The zero-order valence-corrected chi connectivity index (χ0v) is 12.1. The lowest BCUT2D eigenvalue weighted by atomic mass is 10.2. The highest BCUT2D eigenvalue weighted by atomic mass is 16.5. The molecule has 1 aromatic carbocycles. The summed E-state index contributed by atoms with van der Waals surface area (Å²) >= 11 is 0. The zero-order chi connectivity index (χ0) is 15.1. The predicted octanol–water partition coefficient (Wildman–Crippen LogP) is 2.09. The van der Waals surface area contributed by atoms with Crippen molar-refractivity contribution in [2.24, 2.45) is 0 Å². The summed E-state index contributed by atoms with van der Waals surface area (Å²) in [6.45, 7) is 3.91. The van der Waals surface area contributed by atoms with Gasteiger partial charge in [-0.1, -0.05) is 25.1 Å². The molecule has 20 heavy (non-hydrogen) atoms. The molecule has 1 atom stereocenters. The molecule has 0 aromatic heterocycles. The minimum absolute atomic E-state index is 0.161. The molecule has 0 bridgehead atoms. The summed E-state index contributed by atoms with van der Waals surface area (Å²) in [4.78, 5) is 24.2. The molecule has 5 nitrogen and oxygen atoms in total. The van der Waals surface area contributed by atoms with Crippen LogP contribution in [0.25, 0.3) is 0 Å². The SMILES string of the molecule is CCC(C(=O)O)N(C)C(=O)CCOc1ccccc1C. The highest BCUT2D eigenvalue weighted by molar-refractivity contribution is 5.83. The number of benzene rings is 1. The second-order valence-corrected chi connectivity index (χ2v) is 4.63. The lowest BCUT2D eigenvalue weighted by molar-refractivity contribution is -0.149. The molecule has 0 saturated carbocycles. The van der Waals surface area contributed by atoms with Gasteiger partial charge in [0.2, 0.25) is 5.91 Å². The summed E-state index contributed by atoms with van der Waals surface area (Å²) in [6, 6.07) is 6.78. The molecule has 0 saturated heterocycles. The van der Waals surface area contributed by atoms with Gasteiger partial charge in [0.15, 0.2) is 0 Å². The Hall–Kier alpha value is -2.04. The molecule has 0 aliphatic rings. The van der Waals surface area contributed by atoms with E-state index in [1.807, 2.05) is 31.2 Å². The molecular formula is C15H21NO4. The van der Waals surface area contributed by atoms with Crippen LogP contribution >= 0.6 is 0 Å². The summed E-state index contributed by atoms with van der Waals surface area (Å²) < 4.78 is 5.54. The number of rotatable bonds is 7. The number of carboxylic acids is 1. The van der Waals surface area contributed by atoms with Crippen LogP contribution in [-0.4, -0.2) is 41.6 Å². The third-order valence-electron chi connectivity index (χ3n) is 3.20. The summed E-state index contributed by atoms with van der Waals surface area (Å²) in [6.07, 6.45) is 0.546. The van der Waals surface area contributed by atoms with Gasteiger partial charge in [0.05, 0.1) is 13.0 Å². The maximum absolute atomic E-state index is 11.9. The Balaban J connectivity index is 2.47. The number of amides is 1. The molecule has 0 radical (unpaired) electrons. The number of likely N-dealkylation sites (N-methyl/N-ethyl adjacent to an activating group) is 1. The maximum atomic E-state index is 11.9. The van der Waals surface area contributed by atoms with Crippen LogP contribution in [0, 0.1) is 6.92 Å². The van der Waals surface area contributed by atoms with Gasteiger partial charge in [-0.25, -0.2) is 4.79 Å². The van der Waals surface area contributed by atoms with Crippen LogP contribution in [0.15, 0.2) is 24.3 Å². The molecular weight excluding hydrogens is 258 g/mol. The van der Waals surface area contributed by atoms with Crippen LogP contribution in [0.4, 0.5) is 0 Å². The Labute approximate surface area is 119 Å². The van der Waals surface area contributed by atoms with E-state index >= 15 is 0 Å². The van der Waals surface area contributed by atoms with Gasteiger partial charge in [-0.15, -0.1) is 0 Å². The first kappa shape index (κ1) is 16.0. The number of carboxylic acid groups (broad SMARTS) is 1. The highest BCUT2D eigenvalue weighted by Gasteiger charge is 2.24. The molecule has 1 rings (SSSR count). The van der Waals surface area contributed by atoms with Crippen LogP contribution in [0.1, 0.15) is 25.3 Å². The second kappa shape index (κ2) is 7.53. The monoisotopic (exact) mass is 279 g/mol. The van der Waals surface area contributed by atoms with Crippen molar-refractivity contribution in [3.05, 3.63) is 29.8 Å². The fourth-order valence-electron chi connectivity index (χ4n) is 1.93. The Morgan fingerprint density at radius 3 is 2.55 bits per heavy atom. The van der Waals surface area contributed by atoms with Gasteiger partial charge in [0.25, 0.3) is 0 Å². The number of aliphatic carboxylic acids is 1. The summed E-state index contributed by atoms with van der Waals surface area (Å²) in [5, 5.41) is 9.01. The van der Waals surface area contributed by atoms with Gasteiger partial charge >= 0.3 is 5.97 Å². The van der Waals surface area contributed by atoms with Gasteiger partial charge in [-0.3, -0.25) is 4.79 Å². The van der Waals surface area contributed by atoms with Gasteiger partial charge in [-0.05, 0) is 25.0 Å². The fourth-order valence-corrected chi connectivity index (χ4v) is 1.93. The molecule has 5 heteroatoms. The molecule has 0 aliphatic carbocycles. The Morgan fingerprint density at radius 1 is 1.35 bits per heavy atom. The van der Waals surface area contributed by atoms with Crippen molar-refractivity contribution >= 4 is 11.9 Å². The van der Waals surface area contributed by atoms with E-state index in [-0.39, 0.29) is 18.9 Å². The smallest absolute Gasteiger partial charge is 0.326 e. The van der Waals surface area contributed by atoms with Crippen molar-refractivity contribution in [1.82, 2.24) is 4.90 Å². The van der Waals surface area contributed by atoms with E-state index in [1.165, 1.54) is 11.9 Å². The number of ether oxygens (including phenoxy) is 1. The van der Waals surface area contributed by atoms with E-state index in [2.05, 4.69) is 0 Å². The summed E-state index contributed by atoms with van der Waals surface area (Å²) in [7, 11) is 1.51. The minimum atomic E-state index is -0.983. The summed E-state index contributed by atoms with van der Waals surface area (Å²) in [5.41, 5.74) is 1.00. The average Bonchev–Trinajstić information content (AvgIpc) is 2.41. The van der Waals surface area contributed by atoms with Crippen LogP contribution in [-0.2, 0) is 9.59 Å². The van der Waals surface area contributed by atoms with Crippen molar-refractivity contribution in [3.8, 4) is 5.75 Å². The van der Waals surface area contributed by atoms with E-state index in [0.717, 1.165) is 11.3 Å². The molecule has 110 valence electrons. The number of carbonyl (C=O) groups excluding carboxylic acids is 1. The number of nitrogens with zero attached hydrogens (tertiary/aromatic N) is 1. The number of carbonyl (C=O) groups is 2. The van der Waals surface area contributed by atoms with Crippen LogP contribution in [0.3, 0.4) is 0 Å². The van der Waals surface area contributed by atoms with Gasteiger partial charge in [0.1, 0.15) is 11.8 Å². The fraction of sp³-hybridized carbons (Fsp3) is 0.467. The quantitative estimate of drug-likeness (QED) is 0.830. The normalized spacial score (nSPS) is 11.8. The minimum Gasteiger partial charge on any atom is -0.493 e.